The van der Waals surface area contributed by atoms with E-state index in [1.54, 1.807) is 0 Å². The van der Waals surface area contributed by atoms with E-state index in [9.17, 15) is 0 Å². The second-order valence-electron chi connectivity index (χ2n) is 5.30. The molecule has 2 heterocycles. The highest BCUT2D eigenvalue weighted by Gasteiger charge is 2.05. The summed E-state index contributed by atoms with van der Waals surface area (Å²) in [5, 5.41) is 0. The zero-order valence-electron chi connectivity index (χ0n) is 12.0. The van der Waals surface area contributed by atoms with Crippen LogP contribution < -0.4 is 5.73 Å². The van der Waals surface area contributed by atoms with E-state index < -0.39 is 0 Å². The van der Waals surface area contributed by atoms with Crippen molar-refractivity contribution >= 4 is 11.3 Å². The molecule has 0 saturated heterocycles. The zero-order valence-corrected chi connectivity index (χ0v) is 12.0. The third kappa shape index (κ3) is 2.23. The Balaban J connectivity index is 1.73. The molecule has 0 radical (unpaired) electrons. The monoisotopic (exact) mass is 285 g/mol. The highest BCUT2D eigenvalue weighted by Crippen LogP contribution is 2.24. The summed E-state index contributed by atoms with van der Waals surface area (Å²) in [4.78, 5) is 4.63. The van der Waals surface area contributed by atoms with Gasteiger partial charge in [-0.25, -0.2) is 4.98 Å². The second-order valence-corrected chi connectivity index (χ2v) is 5.30. The molecule has 22 heavy (non-hydrogen) atoms. The number of nitrogens with two attached hydrogens (primary N) is 1. The maximum absolute atomic E-state index is 5.81. The first-order valence-electron chi connectivity index (χ1n) is 7.20. The Morgan fingerprint density at radius 2 is 1.36 bits per heavy atom. The van der Waals surface area contributed by atoms with Crippen LogP contribution in [0.3, 0.4) is 0 Å². The summed E-state index contributed by atoms with van der Waals surface area (Å²) in [6.07, 6.45) is 3.88. The van der Waals surface area contributed by atoms with E-state index in [4.69, 9.17) is 5.73 Å². The normalized spacial score (nSPS) is 10.9. The van der Waals surface area contributed by atoms with Gasteiger partial charge in [0.25, 0.3) is 0 Å². The average molecular weight is 285 g/mol. The lowest BCUT2D eigenvalue weighted by Gasteiger charge is -2.02. The number of anilines is 1. The Hall–Kier alpha value is -3.07. The summed E-state index contributed by atoms with van der Waals surface area (Å²) in [6.45, 7) is 0. The van der Waals surface area contributed by atoms with Crippen molar-refractivity contribution in [2.45, 2.75) is 0 Å². The molecular weight excluding hydrogens is 270 g/mol. The first-order valence-corrected chi connectivity index (χ1v) is 7.20. The number of fused-ring (bicyclic) bond motifs is 1. The molecular formula is C19H15N3. The van der Waals surface area contributed by atoms with Gasteiger partial charge in [-0.05, 0) is 23.3 Å². The van der Waals surface area contributed by atoms with Gasteiger partial charge in [-0.15, -0.1) is 0 Å². The van der Waals surface area contributed by atoms with Crippen LogP contribution in [0, 0.1) is 0 Å². The Bertz CT molecular complexity index is 922. The van der Waals surface area contributed by atoms with E-state index in [0.29, 0.717) is 0 Å². The lowest BCUT2D eigenvalue weighted by molar-refractivity contribution is 1.19. The number of imidazole rings is 1. The molecule has 0 fully saturated rings. The number of hydrogen-bond donors (Lipinski definition) is 1. The summed E-state index contributed by atoms with van der Waals surface area (Å²) >= 11 is 0. The predicted molar refractivity (Wildman–Crippen MR) is 90.5 cm³/mol. The van der Waals surface area contributed by atoms with Gasteiger partial charge in [-0.1, -0.05) is 54.6 Å². The van der Waals surface area contributed by atoms with Gasteiger partial charge in [-0.2, -0.15) is 0 Å². The van der Waals surface area contributed by atoms with Crippen molar-refractivity contribution in [2.75, 3.05) is 5.73 Å². The number of rotatable bonds is 2. The smallest absolute Gasteiger partial charge is 0.137 e. The highest BCUT2D eigenvalue weighted by molar-refractivity contribution is 5.70. The van der Waals surface area contributed by atoms with Crippen LogP contribution >= 0.6 is 0 Å². The summed E-state index contributed by atoms with van der Waals surface area (Å²) in [7, 11) is 0. The molecule has 0 atom stereocenters. The SMILES string of the molecule is Nc1ccc2nc(-c3ccc(-c4ccccc4)cc3)cn2c1. The van der Waals surface area contributed by atoms with Crippen LogP contribution in [0.5, 0.6) is 0 Å². The maximum Gasteiger partial charge on any atom is 0.137 e. The maximum atomic E-state index is 5.81. The standard InChI is InChI=1S/C19H15N3/c20-17-10-11-19-21-18(13-22(19)12-17)16-8-6-15(7-9-16)14-4-2-1-3-5-14/h1-13H,20H2. The third-order valence-corrected chi connectivity index (χ3v) is 3.76. The Morgan fingerprint density at radius 1 is 0.682 bits per heavy atom. The Morgan fingerprint density at radius 3 is 2.14 bits per heavy atom. The van der Waals surface area contributed by atoms with E-state index in [1.807, 2.05) is 35.0 Å². The van der Waals surface area contributed by atoms with Crippen LogP contribution in [0.1, 0.15) is 0 Å². The van der Waals surface area contributed by atoms with Crippen molar-refractivity contribution in [2.24, 2.45) is 0 Å². The van der Waals surface area contributed by atoms with E-state index in [0.717, 1.165) is 22.6 Å². The van der Waals surface area contributed by atoms with E-state index in [-0.39, 0.29) is 0 Å². The first-order chi connectivity index (χ1) is 10.8. The van der Waals surface area contributed by atoms with Gasteiger partial charge in [0.1, 0.15) is 5.65 Å². The molecule has 0 aliphatic rings. The van der Waals surface area contributed by atoms with Gasteiger partial charge in [-0.3, -0.25) is 0 Å². The van der Waals surface area contributed by atoms with Crippen LogP contribution in [0.25, 0.3) is 28.0 Å². The van der Waals surface area contributed by atoms with Crippen molar-refractivity contribution in [1.82, 2.24) is 9.38 Å². The fraction of sp³-hybridized carbons (Fsp3) is 0. The number of benzene rings is 2. The molecule has 3 heteroatoms. The molecule has 0 unspecified atom stereocenters. The van der Waals surface area contributed by atoms with Crippen LogP contribution in [-0.4, -0.2) is 9.38 Å². The quantitative estimate of drug-likeness (QED) is 0.598. The van der Waals surface area contributed by atoms with Crippen LogP contribution in [0.2, 0.25) is 0 Å². The molecule has 0 spiro atoms. The fourth-order valence-electron chi connectivity index (χ4n) is 2.61. The summed E-state index contributed by atoms with van der Waals surface area (Å²) < 4.78 is 1.95. The lowest BCUT2D eigenvalue weighted by Crippen LogP contribution is -1.88. The van der Waals surface area contributed by atoms with E-state index >= 15 is 0 Å². The molecule has 2 N–H and O–H groups in total. The molecule has 4 aromatic rings. The highest BCUT2D eigenvalue weighted by atomic mass is 15.0. The second kappa shape index (κ2) is 5.04. The summed E-state index contributed by atoms with van der Waals surface area (Å²) in [6, 6.07) is 22.6. The van der Waals surface area contributed by atoms with Gasteiger partial charge < -0.3 is 10.1 Å². The molecule has 4 rings (SSSR count). The minimum atomic E-state index is 0.732. The van der Waals surface area contributed by atoms with Crippen LogP contribution in [-0.2, 0) is 0 Å². The Kier molecular flexibility index (Phi) is 2.90. The van der Waals surface area contributed by atoms with Crippen molar-refractivity contribution in [3.8, 4) is 22.4 Å². The predicted octanol–water partition coefficient (Wildman–Crippen LogP) is 4.25. The van der Waals surface area contributed by atoms with Gasteiger partial charge >= 0.3 is 0 Å². The topological polar surface area (TPSA) is 43.3 Å². The largest absolute Gasteiger partial charge is 0.398 e. The summed E-state index contributed by atoms with van der Waals surface area (Å²) in [5.74, 6) is 0. The molecule has 3 nitrogen and oxygen atoms in total. The molecule has 2 aromatic heterocycles. The zero-order chi connectivity index (χ0) is 14.9. The minimum absolute atomic E-state index is 0.732. The van der Waals surface area contributed by atoms with Crippen LogP contribution in [0.15, 0.2) is 79.1 Å². The van der Waals surface area contributed by atoms with Gasteiger partial charge in [0, 0.05) is 23.6 Å². The Labute approximate surface area is 128 Å². The van der Waals surface area contributed by atoms with Gasteiger partial charge in [0.15, 0.2) is 0 Å². The number of nitrogens with zero attached hydrogens (tertiary/aromatic N) is 2. The molecule has 0 bridgehead atoms. The summed E-state index contributed by atoms with van der Waals surface area (Å²) in [5.41, 5.74) is 11.9. The van der Waals surface area contributed by atoms with E-state index in [1.165, 1.54) is 11.1 Å². The average Bonchev–Trinajstić information content (AvgIpc) is 2.99. The minimum Gasteiger partial charge on any atom is -0.398 e. The lowest BCUT2D eigenvalue weighted by atomic mass is 10.0. The van der Waals surface area contributed by atoms with Gasteiger partial charge in [0.2, 0.25) is 0 Å². The van der Waals surface area contributed by atoms with Gasteiger partial charge in [0.05, 0.1) is 5.69 Å². The van der Waals surface area contributed by atoms with Crippen molar-refractivity contribution in [3.05, 3.63) is 79.1 Å². The molecule has 0 aliphatic carbocycles. The fourth-order valence-corrected chi connectivity index (χ4v) is 2.61. The molecule has 0 saturated carbocycles. The molecule has 0 aliphatic heterocycles. The van der Waals surface area contributed by atoms with Crippen molar-refractivity contribution in [1.29, 1.82) is 0 Å². The van der Waals surface area contributed by atoms with Crippen molar-refractivity contribution in [3.63, 3.8) is 0 Å². The molecule has 0 amide bonds. The molecule has 106 valence electrons. The number of nitrogen functional groups attached to an aromatic ring is 1. The van der Waals surface area contributed by atoms with Crippen LogP contribution in [0.4, 0.5) is 5.69 Å². The number of aromatic nitrogens is 2. The molecule has 2 aromatic carbocycles. The first kappa shape index (κ1) is 12.7. The van der Waals surface area contributed by atoms with E-state index in [2.05, 4.69) is 53.5 Å². The number of pyridine rings is 1. The number of hydrogen-bond acceptors (Lipinski definition) is 2. The van der Waals surface area contributed by atoms with Crippen molar-refractivity contribution < 1.29 is 0 Å². The third-order valence-electron chi connectivity index (χ3n) is 3.76.